The van der Waals surface area contributed by atoms with Crippen LogP contribution in [-0.2, 0) is 13.1 Å². The molecule has 1 unspecified atom stereocenters. The Morgan fingerprint density at radius 1 is 0.951 bits per heavy atom. The summed E-state index contributed by atoms with van der Waals surface area (Å²) in [7, 11) is 0. The van der Waals surface area contributed by atoms with Crippen molar-refractivity contribution < 1.29 is 19.8 Å². The third-order valence-electron chi connectivity index (χ3n) is 7.36. The predicted octanol–water partition coefficient (Wildman–Crippen LogP) is 3.98. The van der Waals surface area contributed by atoms with Crippen LogP contribution in [0, 0.1) is 13.8 Å². The van der Waals surface area contributed by atoms with Gasteiger partial charge < -0.3 is 26.2 Å². The molecule has 212 valence electrons. The van der Waals surface area contributed by atoms with Gasteiger partial charge >= 0.3 is 0 Å². The van der Waals surface area contributed by atoms with Crippen LogP contribution in [0.5, 0.6) is 0 Å². The highest BCUT2D eigenvalue weighted by atomic mass is 16.3. The molecule has 0 fully saturated rings. The second-order valence-corrected chi connectivity index (χ2v) is 10.2. The van der Waals surface area contributed by atoms with E-state index in [-0.39, 0.29) is 24.1 Å². The third kappa shape index (κ3) is 6.19. The highest BCUT2D eigenvalue weighted by Crippen LogP contribution is 2.34. The molecular formula is C31H34N6O4. The van der Waals surface area contributed by atoms with Crippen molar-refractivity contribution >= 4 is 23.2 Å². The van der Waals surface area contributed by atoms with E-state index in [1.165, 1.54) is 0 Å². The number of aromatic nitrogens is 3. The molecule has 0 aliphatic carbocycles. The molecule has 1 aliphatic rings. The Balaban J connectivity index is 1.32. The minimum Gasteiger partial charge on any atom is -0.395 e. The molecule has 0 bridgehead atoms. The van der Waals surface area contributed by atoms with Gasteiger partial charge in [-0.05, 0) is 78.8 Å². The van der Waals surface area contributed by atoms with Gasteiger partial charge in [0, 0.05) is 37.2 Å². The minimum atomic E-state index is -0.603. The van der Waals surface area contributed by atoms with Crippen LogP contribution in [0.25, 0.3) is 11.1 Å². The van der Waals surface area contributed by atoms with Crippen molar-refractivity contribution in [3.63, 3.8) is 0 Å². The van der Waals surface area contributed by atoms with Crippen molar-refractivity contribution in [3.05, 3.63) is 94.6 Å². The number of pyridine rings is 1. The number of nitrogens with one attached hydrogen (secondary N) is 3. The molecular weight excluding hydrogens is 520 g/mol. The fourth-order valence-corrected chi connectivity index (χ4v) is 5.05. The zero-order chi connectivity index (χ0) is 28.9. The molecule has 1 aliphatic heterocycles. The summed E-state index contributed by atoms with van der Waals surface area (Å²) < 4.78 is 1.70. The number of carbonyl (C=O) groups is 2. The number of carbonyl (C=O) groups excluding carboxylic acids is 2. The molecule has 2 amide bonds. The Morgan fingerprint density at radius 2 is 1.61 bits per heavy atom. The number of rotatable bonds is 9. The number of hydrogen-bond acceptors (Lipinski definition) is 7. The summed E-state index contributed by atoms with van der Waals surface area (Å²) in [6.07, 6.45) is 2.53. The molecule has 41 heavy (non-hydrogen) atoms. The lowest BCUT2D eigenvalue weighted by Gasteiger charge is -2.18. The Hall–Kier alpha value is -4.38. The number of fused-ring (bicyclic) bond motifs is 1. The monoisotopic (exact) mass is 554 g/mol. The standard InChI is InChI=1S/C31H34N6O4/c1-19-22(6-3-8-24(19)34-30(40)26-12-11-21(18-33-26)17-32-13-15-38)23-7-4-9-25(20(23)2)35-31(41)27-16-28-29(39)10-5-14-37(28)36-27/h3-4,6-9,11-12,16,18,29,32,38-39H,5,10,13-15,17H2,1-2H3,(H,34,40)(H,35,41). The number of nitrogens with zero attached hydrogens (tertiary/aromatic N) is 3. The normalized spacial score (nSPS) is 14.4. The van der Waals surface area contributed by atoms with Gasteiger partial charge in [0.1, 0.15) is 5.69 Å². The molecule has 2 aromatic carbocycles. The van der Waals surface area contributed by atoms with Crippen molar-refractivity contribution in [2.75, 3.05) is 23.8 Å². The van der Waals surface area contributed by atoms with Gasteiger partial charge in [-0.2, -0.15) is 5.10 Å². The molecule has 3 heterocycles. The zero-order valence-electron chi connectivity index (χ0n) is 23.1. The van der Waals surface area contributed by atoms with Crippen LogP contribution in [0.1, 0.15) is 62.3 Å². The number of aliphatic hydroxyl groups excluding tert-OH is 2. The summed E-state index contributed by atoms with van der Waals surface area (Å²) >= 11 is 0. The van der Waals surface area contributed by atoms with Gasteiger partial charge in [-0.15, -0.1) is 0 Å². The van der Waals surface area contributed by atoms with Crippen LogP contribution in [0.2, 0.25) is 0 Å². The topological polar surface area (TPSA) is 141 Å². The number of aliphatic hydroxyl groups is 2. The fraction of sp³-hybridized carbons (Fsp3) is 0.290. The van der Waals surface area contributed by atoms with Gasteiger partial charge in [-0.25, -0.2) is 0 Å². The Kier molecular flexibility index (Phi) is 8.53. The quantitative estimate of drug-likeness (QED) is 0.197. The van der Waals surface area contributed by atoms with E-state index < -0.39 is 6.10 Å². The van der Waals surface area contributed by atoms with Gasteiger partial charge in [0.15, 0.2) is 5.69 Å². The van der Waals surface area contributed by atoms with Crippen molar-refractivity contribution in [1.29, 1.82) is 0 Å². The number of benzene rings is 2. The van der Waals surface area contributed by atoms with E-state index in [9.17, 15) is 14.7 Å². The van der Waals surface area contributed by atoms with E-state index in [2.05, 4.69) is 26.0 Å². The van der Waals surface area contributed by atoms with E-state index in [0.717, 1.165) is 34.2 Å². The van der Waals surface area contributed by atoms with Crippen molar-refractivity contribution in [3.8, 4) is 11.1 Å². The second kappa shape index (κ2) is 12.4. The van der Waals surface area contributed by atoms with Crippen LogP contribution in [0.15, 0.2) is 60.8 Å². The summed E-state index contributed by atoms with van der Waals surface area (Å²) in [5, 5.41) is 32.6. The lowest BCUT2D eigenvalue weighted by atomic mass is 9.94. The van der Waals surface area contributed by atoms with Gasteiger partial charge in [-0.1, -0.05) is 30.3 Å². The van der Waals surface area contributed by atoms with E-state index in [1.807, 2.05) is 56.3 Å². The van der Waals surface area contributed by atoms with Crippen LogP contribution >= 0.6 is 0 Å². The minimum absolute atomic E-state index is 0.0591. The summed E-state index contributed by atoms with van der Waals surface area (Å²) in [6, 6.07) is 16.6. The number of hydrogen-bond donors (Lipinski definition) is 5. The Bertz CT molecular complexity index is 1560. The third-order valence-corrected chi connectivity index (χ3v) is 7.36. The van der Waals surface area contributed by atoms with Crippen molar-refractivity contribution in [2.24, 2.45) is 0 Å². The molecule has 0 radical (unpaired) electrons. The lowest BCUT2D eigenvalue weighted by Crippen LogP contribution is -2.18. The number of amides is 2. The van der Waals surface area contributed by atoms with Crippen LogP contribution in [-0.4, -0.2) is 49.9 Å². The van der Waals surface area contributed by atoms with E-state index in [4.69, 9.17) is 5.11 Å². The predicted molar refractivity (Wildman–Crippen MR) is 157 cm³/mol. The van der Waals surface area contributed by atoms with Crippen LogP contribution < -0.4 is 16.0 Å². The zero-order valence-corrected chi connectivity index (χ0v) is 23.1. The van der Waals surface area contributed by atoms with Crippen molar-refractivity contribution in [2.45, 2.75) is 45.9 Å². The van der Waals surface area contributed by atoms with Crippen LogP contribution in [0.3, 0.4) is 0 Å². The molecule has 0 spiro atoms. The molecule has 0 saturated heterocycles. The largest absolute Gasteiger partial charge is 0.395 e. The second-order valence-electron chi connectivity index (χ2n) is 10.2. The molecule has 0 saturated carbocycles. The highest BCUT2D eigenvalue weighted by molar-refractivity contribution is 6.05. The molecule has 10 heteroatoms. The van der Waals surface area contributed by atoms with Gasteiger partial charge in [0.25, 0.3) is 11.8 Å². The van der Waals surface area contributed by atoms with E-state index in [0.29, 0.717) is 48.8 Å². The highest BCUT2D eigenvalue weighted by Gasteiger charge is 2.23. The van der Waals surface area contributed by atoms with Crippen molar-refractivity contribution in [1.82, 2.24) is 20.1 Å². The lowest BCUT2D eigenvalue weighted by molar-refractivity contribution is 0.101. The first kappa shape index (κ1) is 28.2. The molecule has 5 rings (SSSR count). The molecule has 2 aromatic heterocycles. The first-order valence-corrected chi connectivity index (χ1v) is 13.7. The SMILES string of the molecule is Cc1c(NC(=O)c2ccc(CNCCO)cn2)cccc1-c1cccc(NC(=O)c2cc3n(n2)CCCC3O)c1C. The molecule has 10 nitrogen and oxygen atoms in total. The smallest absolute Gasteiger partial charge is 0.276 e. The average molecular weight is 555 g/mol. The maximum Gasteiger partial charge on any atom is 0.276 e. The van der Waals surface area contributed by atoms with Crippen LogP contribution in [0.4, 0.5) is 11.4 Å². The van der Waals surface area contributed by atoms with Gasteiger partial charge in [0.2, 0.25) is 0 Å². The van der Waals surface area contributed by atoms with E-state index in [1.54, 1.807) is 23.0 Å². The Morgan fingerprint density at radius 3 is 2.20 bits per heavy atom. The maximum absolute atomic E-state index is 13.1. The summed E-state index contributed by atoms with van der Waals surface area (Å²) in [4.78, 5) is 30.3. The molecule has 1 atom stereocenters. The van der Waals surface area contributed by atoms with E-state index >= 15 is 0 Å². The average Bonchev–Trinajstić information content (AvgIpc) is 3.42. The fourth-order valence-electron chi connectivity index (χ4n) is 5.05. The van der Waals surface area contributed by atoms with Gasteiger partial charge in [-0.3, -0.25) is 19.3 Å². The first-order valence-electron chi connectivity index (χ1n) is 13.7. The number of aryl methyl sites for hydroxylation is 1. The van der Waals surface area contributed by atoms with Gasteiger partial charge in [0.05, 0.1) is 18.4 Å². The summed E-state index contributed by atoms with van der Waals surface area (Å²) in [5.41, 5.74) is 7.10. The molecule has 4 aromatic rings. The first-order chi connectivity index (χ1) is 19.9. The number of anilines is 2. The molecule has 5 N–H and O–H groups in total. The summed E-state index contributed by atoms with van der Waals surface area (Å²) in [5.74, 6) is -0.648. The maximum atomic E-state index is 13.1. The Labute approximate surface area is 238 Å². The summed E-state index contributed by atoms with van der Waals surface area (Å²) in [6.45, 7) is 5.68.